The first-order valence-electron chi connectivity index (χ1n) is 9.37. The number of fused-ring (bicyclic) bond motifs is 2. The molecule has 0 saturated carbocycles. The second-order valence-corrected chi connectivity index (χ2v) is 7.21. The highest BCUT2D eigenvalue weighted by molar-refractivity contribution is 5.96. The number of nitrogens with zero attached hydrogens (tertiary/aromatic N) is 3. The summed E-state index contributed by atoms with van der Waals surface area (Å²) in [5.41, 5.74) is 13.3. The molecule has 5 rings (SSSR count). The highest BCUT2D eigenvalue weighted by Gasteiger charge is 2.28. The van der Waals surface area contributed by atoms with E-state index in [2.05, 4.69) is 40.8 Å². The molecule has 1 aromatic heterocycles. The Morgan fingerprint density at radius 2 is 2.04 bits per heavy atom. The number of nitrogens with two attached hydrogens (primary N) is 1. The van der Waals surface area contributed by atoms with Gasteiger partial charge in [-0.15, -0.1) is 0 Å². The topological polar surface area (TPSA) is 73.4 Å². The van der Waals surface area contributed by atoms with Gasteiger partial charge in [0.25, 0.3) is 0 Å². The number of rotatable bonds is 3. The molecule has 0 bridgehead atoms. The lowest BCUT2D eigenvalue weighted by molar-refractivity contribution is 0.258. The molecule has 3 heterocycles. The van der Waals surface area contributed by atoms with Crippen LogP contribution in [-0.2, 0) is 12.8 Å². The Hall–Kier alpha value is -3.47. The van der Waals surface area contributed by atoms with E-state index in [0.29, 0.717) is 6.61 Å². The zero-order chi connectivity index (χ0) is 19.1. The van der Waals surface area contributed by atoms with Crippen LogP contribution in [0.1, 0.15) is 16.7 Å². The first-order chi connectivity index (χ1) is 13.7. The van der Waals surface area contributed by atoms with E-state index in [1.807, 2.05) is 24.3 Å². The summed E-state index contributed by atoms with van der Waals surface area (Å²) in [6, 6.07) is 14.4. The third kappa shape index (κ3) is 2.95. The van der Waals surface area contributed by atoms with Crippen molar-refractivity contribution in [1.82, 2.24) is 9.97 Å². The third-order valence-electron chi connectivity index (χ3n) is 5.39. The second kappa shape index (κ2) is 6.60. The summed E-state index contributed by atoms with van der Waals surface area (Å²) >= 11 is 0. The van der Waals surface area contributed by atoms with Crippen molar-refractivity contribution in [3.05, 3.63) is 71.9 Å². The van der Waals surface area contributed by atoms with Gasteiger partial charge in [0.1, 0.15) is 5.75 Å². The van der Waals surface area contributed by atoms with Crippen molar-refractivity contribution >= 4 is 23.4 Å². The molecule has 2 aliphatic heterocycles. The Morgan fingerprint density at radius 3 is 2.89 bits per heavy atom. The molecule has 0 amide bonds. The molecule has 2 aliphatic rings. The van der Waals surface area contributed by atoms with Crippen molar-refractivity contribution in [3.63, 3.8) is 0 Å². The number of nitrogen functional groups attached to an aromatic ring is 1. The van der Waals surface area contributed by atoms with Crippen molar-refractivity contribution < 1.29 is 4.74 Å². The number of ether oxygens (including phenoxy) is 1. The summed E-state index contributed by atoms with van der Waals surface area (Å²) in [5, 5.41) is 0. The molecule has 1 unspecified atom stereocenters. The normalized spacial score (nSPS) is 17.3. The summed E-state index contributed by atoms with van der Waals surface area (Å²) < 4.78 is 6.01. The average Bonchev–Trinajstić information content (AvgIpc) is 3.16. The summed E-state index contributed by atoms with van der Waals surface area (Å²) in [7, 11) is 0. The minimum Gasteiger partial charge on any atom is -0.493 e. The van der Waals surface area contributed by atoms with Gasteiger partial charge in [-0.05, 0) is 47.4 Å². The SMILES string of the molecule is C=Cc1ccc2c(c1)CC(C1=Nc3cc(-c4ccnc(N)n4)ccc3C1)CO2. The van der Waals surface area contributed by atoms with E-state index >= 15 is 0 Å². The van der Waals surface area contributed by atoms with E-state index in [1.54, 1.807) is 6.20 Å². The molecule has 3 aromatic rings. The van der Waals surface area contributed by atoms with E-state index in [0.717, 1.165) is 41.1 Å². The van der Waals surface area contributed by atoms with Crippen molar-refractivity contribution in [2.75, 3.05) is 12.3 Å². The highest BCUT2D eigenvalue weighted by Crippen LogP contribution is 2.36. The number of hydrogen-bond acceptors (Lipinski definition) is 5. The molecule has 0 radical (unpaired) electrons. The van der Waals surface area contributed by atoms with Crippen molar-refractivity contribution in [2.24, 2.45) is 10.9 Å². The Kier molecular flexibility index (Phi) is 3.93. The molecule has 2 aromatic carbocycles. The van der Waals surface area contributed by atoms with Crippen LogP contribution in [0.5, 0.6) is 5.75 Å². The number of aromatic nitrogens is 2. The molecule has 2 N–H and O–H groups in total. The molecule has 0 saturated heterocycles. The average molecular weight is 368 g/mol. The van der Waals surface area contributed by atoms with Crippen LogP contribution in [0.15, 0.2) is 60.2 Å². The van der Waals surface area contributed by atoms with E-state index in [9.17, 15) is 0 Å². The zero-order valence-electron chi connectivity index (χ0n) is 15.4. The number of anilines is 1. The monoisotopic (exact) mass is 368 g/mol. The predicted molar refractivity (Wildman–Crippen MR) is 112 cm³/mol. The maximum atomic E-state index is 6.01. The first kappa shape index (κ1) is 16.7. The lowest BCUT2D eigenvalue weighted by Gasteiger charge is -2.25. The molecular weight excluding hydrogens is 348 g/mol. The highest BCUT2D eigenvalue weighted by atomic mass is 16.5. The molecule has 1 atom stereocenters. The minimum absolute atomic E-state index is 0.277. The van der Waals surface area contributed by atoms with E-state index < -0.39 is 0 Å². The lowest BCUT2D eigenvalue weighted by Crippen LogP contribution is -2.28. The van der Waals surface area contributed by atoms with Crippen LogP contribution >= 0.6 is 0 Å². The van der Waals surface area contributed by atoms with Gasteiger partial charge < -0.3 is 10.5 Å². The van der Waals surface area contributed by atoms with E-state index in [1.165, 1.54) is 16.8 Å². The second-order valence-electron chi connectivity index (χ2n) is 7.21. The molecule has 5 nitrogen and oxygen atoms in total. The summed E-state index contributed by atoms with van der Waals surface area (Å²) in [5.74, 6) is 1.54. The quantitative estimate of drug-likeness (QED) is 0.750. The van der Waals surface area contributed by atoms with Crippen LogP contribution in [0.3, 0.4) is 0 Å². The summed E-state index contributed by atoms with van der Waals surface area (Å²) in [6.07, 6.45) is 5.35. The van der Waals surface area contributed by atoms with E-state index in [-0.39, 0.29) is 11.9 Å². The maximum Gasteiger partial charge on any atom is 0.220 e. The van der Waals surface area contributed by atoms with Crippen molar-refractivity contribution in [1.29, 1.82) is 0 Å². The van der Waals surface area contributed by atoms with Gasteiger partial charge in [-0.1, -0.05) is 30.9 Å². The molecular formula is C23H20N4O. The predicted octanol–water partition coefficient (Wildman–Crippen LogP) is 4.25. The molecule has 0 spiro atoms. The molecule has 138 valence electrons. The van der Waals surface area contributed by atoms with Gasteiger partial charge in [-0.2, -0.15) is 0 Å². The van der Waals surface area contributed by atoms with Crippen molar-refractivity contribution in [2.45, 2.75) is 12.8 Å². The molecule has 5 heteroatoms. The summed E-state index contributed by atoms with van der Waals surface area (Å²) in [6.45, 7) is 4.53. The Morgan fingerprint density at radius 1 is 1.11 bits per heavy atom. The van der Waals surface area contributed by atoms with Crippen LogP contribution in [0.2, 0.25) is 0 Å². The first-order valence-corrected chi connectivity index (χ1v) is 9.37. The maximum absolute atomic E-state index is 6.01. The molecule has 0 fully saturated rings. The number of benzene rings is 2. The van der Waals surface area contributed by atoms with Crippen LogP contribution in [0.25, 0.3) is 17.3 Å². The van der Waals surface area contributed by atoms with Gasteiger partial charge in [0.2, 0.25) is 5.95 Å². The minimum atomic E-state index is 0.277. The molecule has 0 aliphatic carbocycles. The van der Waals surface area contributed by atoms with Gasteiger partial charge in [0.05, 0.1) is 18.0 Å². The fourth-order valence-electron chi connectivity index (χ4n) is 3.89. The fourth-order valence-corrected chi connectivity index (χ4v) is 3.89. The Bertz CT molecular complexity index is 1120. The van der Waals surface area contributed by atoms with Crippen LogP contribution < -0.4 is 10.5 Å². The third-order valence-corrected chi connectivity index (χ3v) is 5.39. The zero-order valence-corrected chi connectivity index (χ0v) is 15.4. The van der Waals surface area contributed by atoms with Gasteiger partial charge >= 0.3 is 0 Å². The smallest absolute Gasteiger partial charge is 0.220 e. The van der Waals surface area contributed by atoms with Gasteiger partial charge in [-0.25, -0.2) is 9.97 Å². The number of hydrogen-bond donors (Lipinski definition) is 1. The van der Waals surface area contributed by atoms with Crippen LogP contribution in [0.4, 0.5) is 11.6 Å². The number of aliphatic imine (C=N–C) groups is 1. The fraction of sp³-hybridized carbons (Fsp3) is 0.174. The Balaban J connectivity index is 1.42. The van der Waals surface area contributed by atoms with Gasteiger partial charge in [0.15, 0.2) is 0 Å². The van der Waals surface area contributed by atoms with E-state index in [4.69, 9.17) is 15.5 Å². The van der Waals surface area contributed by atoms with Crippen molar-refractivity contribution in [3.8, 4) is 17.0 Å². The lowest BCUT2D eigenvalue weighted by atomic mass is 9.90. The van der Waals surface area contributed by atoms with Crippen LogP contribution in [-0.4, -0.2) is 22.3 Å². The Labute approximate surface area is 163 Å². The summed E-state index contributed by atoms with van der Waals surface area (Å²) in [4.78, 5) is 13.2. The molecule has 28 heavy (non-hydrogen) atoms. The van der Waals surface area contributed by atoms with Gasteiger partial charge in [0, 0.05) is 29.8 Å². The largest absolute Gasteiger partial charge is 0.493 e. The van der Waals surface area contributed by atoms with Gasteiger partial charge in [-0.3, -0.25) is 4.99 Å². The van der Waals surface area contributed by atoms with Crippen LogP contribution in [0, 0.1) is 5.92 Å². The standard InChI is InChI=1S/C23H20N4O/c1-2-14-3-6-22-17(9-14)10-18(13-28-22)21-12-16-5-4-15(11-20(16)26-21)19-7-8-25-23(24)27-19/h2-9,11,18H,1,10,12-13H2,(H2,24,25,27).